The van der Waals surface area contributed by atoms with Gasteiger partial charge in [0.25, 0.3) is 0 Å². The molecule has 71 heavy (non-hydrogen) atoms. The molecule has 1 saturated heterocycles. The van der Waals surface area contributed by atoms with Crippen LogP contribution in [0.4, 0.5) is 5.69 Å². The minimum atomic E-state index is -0.762. The van der Waals surface area contributed by atoms with E-state index in [0.717, 1.165) is 58.3 Å². The average molecular weight is 994 g/mol. The second kappa shape index (κ2) is 22.9. The number of hydrogen-bond donors (Lipinski definition) is 2. The maximum atomic E-state index is 14.1. The van der Waals surface area contributed by atoms with E-state index in [0.29, 0.717) is 45.0 Å². The van der Waals surface area contributed by atoms with Crippen LogP contribution in [-0.2, 0) is 41.8 Å². The molecule has 14 heteroatoms. The quantitative estimate of drug-likeness (QED) is 0.0703. The number of amides is 5. The zero-order valence-electron chi connectivity index (χ0n) is 44.4. The van der Waals surface area contributed by atoms with E-state index in [4.69, 9.17) is 4.74 Å². The molecule has 3 aromatic rings. The van der Waals surface area contributed by atoms with Crippen molar-refractivity contribution in [1.29, 1.82) is 0 Å². The fourth-order valence-corrected chi connectivity index (χ4v) is 15.0. The van der Waals surface area contributed by atoms with Gasteiger partial charge in [0.15, 0.2) is 0 Å². The van der Waals surface area contributed by atoms with Gasteiger partial charge in [0.1, 0.15) is 5.69 Å². The Kier molecular flexibility index (Phi) is 17.4. The molecule has 4 aliphatic rings. The molecule has 2 fully saturated rings. The van der Waals surface area contributed by atoms with E-state index >= 15 is 0 Å². The monoisotopic (exact) mass is 994 g/mol. The van der Waals surface area contributed by atoms with E-state index in [-0.39, 0.29) is 85.1 Å². The van der Waals surface area contributed by atoms with E-state index in [1.165, 1.54) is 29.2 Å². The Morgan fingerprint density at radius 1 is 0.915 bits per heavy atom. The van der Waals surface area contributed by atoms with Crippen LogP contribution in [0.15, 0.2) is 60.7 Å². The van der Waals surface area contributed by atoms with Crippen molar-refractivity contribution in [3.8, 4) is 22.5 Å². The molecule has 5 amide bonds. The van der Waals surface area contributed by atoms with Crippen molar-refractivity contribution < 1.29 is 28.7 Å². The molecule has 13 nitrogen and oxygen atoms in total. The number of hydrogen-bond acceptors (Lipinski definition) is 8. The number of benzene rings is 2. The van der Waals surface area contributed by atoms with Crippen molar-refractivity contribution >= 4 is 45.3 Å². The molecule has 2 aliphatic carbocycles. The molecule has 8 unspecified atom stereocenters. The summed E-state index contributed by atoms with van der Waals surface area (Å²) in [5.74, 6) is 2.24. The number of carbonyl (C=O) groups is 5. The Balaban J connectivity index is 0.836. The standard InChI is InChI=1S/C57H83N7O6S/c1-11-20-39(5)71(10,13-3)36-19-26-42-43-25-18-21-38(4)48(42)50-49(43)53(67)62(54(50)68)34-29-46(65)58-33-30-57(8,9)70-35-31-56(6,7)55(69)59-32-28-47(66)63-37-40-22-14-15-23-41(40)52-51(60-61-64(52)12-2)44-24-16-17-27-45(44)63/h14-18,21-24,27,38-39,42-43,48-50H,11-13,19-20,25-26,28-37H2,1-10H3,(H,58,65)(H,59,69). The van der Waals surface area contributed by atoms with Crippen molar-refractivity contribution in [2.45, 2.75) is 144 Å². The highest BCUT2D eigenvalue weighted by molar-refractivity contribution is 8.33. The lowest BCUT2D eigenvalue weighted by atomic mass is 9.77. The van der Waals surface area contributed by atoms with Crippen LogP contribution in [0.1, 0.15) is 126 Å². The molecule has 7 rings (SSSR count). The zero-order chi connectivity index (χ0) is 51.3. The van der Waals surface area contributed by atoms with Gasteiger partial charge in [0, 0.05) is 62.2 Å². The Morgan fingerprint density at radius 3 is 2.37 bits per heavy atom. The molecular weight excluding hydrogens is 911 g/mol. The third-order valence-electron chi connectivity index (χ3n) is 16.8. The Hall–Kier alpha value is -4.82. The van der Waals surface area contributed by atoms with Gasteiger partial charge in [-0.1, -0.05) is 108 Å². The third-order valence-corrected chi connectivity index (χ3v) is 21.5. The fourth-order valence-electron chi connectivity index (χ4n) is 12.2. The first-order chi connectivity index (χ1) is 33.9. The topological polar surface area (TPSA) is 156 Å². The van der Waals surface area contributed by atoms with Crippen molar-refractivity contribution in [1.82, 2.24) is 30.5 Å². The number of nitrogens with one attached hydrogen (secondary N) is 2. The lowest BCUT2D eigenvalue weighted by Crippen LogP contribution is -2.41. The molecule has 1 saturated carbocycles. The normalized spacial score (nSPS) is 23.4. The van der Waals surface area contributed by atoms with Gasteiger partial charge in [-0.25, -0.2) is 14.7 Å². The number of rotatable bonds is 23. The lowest BCUT2D eigenvalue weighted by Gasteiger charge is -2.42. The molecule has 0 radical (unpaired) electrons. The molecule has 8 atom stereocenters. The second-order valence-corrected chi connectivity index (χ2v) is 26.7. The minimum Gasteiger partial charge on any atom is -0.375 e. The van der Waals surface area contributed by atoms with Gasteiger partial charge >= 0.3 is 0 Å². The van der Waals surface area contributed by atoms with Gasteiger partial charge in [0.2, 0.25) is 29.5 Å². The predicted octanol–water partition coefficient (Wildman–Crippen LogP) is 9.58. The summed E-state index contributed by atoms with van der Waals surface area (Å²) >= 11 is 0. The first-order valence-electron chi connectivity index (χ1n) is 26.7. The number of imide groups is 1. The zero-order valence-corrected chi connectivity index (χ0v) is 45.2. The number of anilines is 1. The second-order valence-electron chi connectivity index (χ2n) is 22.2. The number of para-hydroxylation sites is 1. The number of allylic oxidation sites excluding steroid dienone is 2. The SMILES string of the molecule is CCCC(C)S(C)(CC)CCCC1C2CC=CC(C)C1C1C(=O)N(CCC(=O)NCCC(C)(C)OCCC(C)(C)C(=O)NCCC(=O)N3Cc4ccccc4-c4c(nnn4CC)-c4ccccc43)C(=O)C21. The van der Waals surface area contributed by atoms with Crippen LogP contribution in [0.5, 0.6) is 0 Å². The van der Waals surface area contributed by atoms with Crippen LogP contribution >= 0.6 is 10.0 Å². The Morgan fingerprint density at radius 2 is 1.63 bits per heavy atom. The maximum Gasteiger partial charge on any atom is 0.233 e. The molecule has 2 bridgehead atoms. The van der Waals surface area contributed by atoms with Gasteiger partial charge in [-0.2, -0.15) is 0 Å². The van der Waals surface area contributed by atoms with Crippen LogP contribution in [-0.4, -0.2) is 104 Å². The van der Waals surface area contributed by atoms with E-state index in [1.54, 1.807) is 4.90 Å². The molecule has 0 spiro atoms. The van der Waals surface area contributed by atoms with Gasteiger partial charge in [-0.3, -0.25) is 28.9 Å². The molecular formula is C57H83N7O6S. The van der Waals surface area contributed by atoms with Crippen molar-refractivity contribution in [2.75, 3.05) is 48.9 Å². The number of ether oxygens (including phenoxy) is 1. The first kappa shape index (κ1) is 54.0. The average Bonchev–Trinajstić information content (AvgIpc) is 3.94. The minimum absolute atomic E-state index is 0.0665. The summed E-state index contributed by atoms with van der Waals surface area (Å²) in [5, 5.41) is 15.8. The van der Waals surface area contributed by atoms with Crippen LogP contribution in [0, 0.1) is 40.9 Å². The van der Waals surface area contributed by atoms with Crippen LogP contribution < -0.4 is 15.5 Å². The molecule has 2 aromatic carbocycles. The Labute approximate surface area is 425 Å². The summed E-state index contributed by atoms with van der Waals surface area (Å²) in [6.07, 6.45) is 13.8. The van der Waals surface area contributed by atoms with Gasteiger partial charge < -0.3 is 20.3 Å². The van der Waals surface area contributed by atoms with E-state index in [9.17, 15) is 24.0 Å². The Bertz CT molecular complexity index is 2430. The largest absolute Gasteiger partial charge is 0.375 e. The molecule has 3 heterocycles. The molecule has 2 aliphatic heterocycles. The lowest BCUT2D eigenvalue weighted by molar-refractivity contribution is -0.142. The van der Waals surface area contributed by atoms with Crippen molar-refractivity contribution in [2.24, 2.45) is 40.9 Å². The summed E-state index contributed by atoms with van der Waals surface area (Å²) < 4.78 is 8.17. The smallest absolute Gasteiger partial charge is 0.233 e. The van der Waals surface area contributed by atoms with Crippen molar-refractivity contribution in [3.63, 3.8) is 0 Å². The molecule has 388 valence electrons. The fraction of sp³-hybridized carbons (Fsp3) is 0.632. The molecule has 2 N–H and O–H groups in total. The summed E-state index contributed by atoms with van der Waals surface area (Å²) in [6.45, 7) is 21.0. The molecule has 1 aromatic heterocycles. The van der Waals surface area contributed by atoms with E-state index in [2.05, 4.69) is 73.1 Å². The summed E-state index contributed by atoms with van der Waals surface area (Å²) in [5.41, 5.74) is 3.89. The van der Waals surface area contributed by atoms with E-state index in [1.807, 2.05) is 81.8 Å². The van der Waals surface area contributed by atoms with Gasteiger partial charge in [-0.05, 0) is 118 Å². The maximum absolute atomic E-state index is 14.1. The van der Waals surface area contributed by atoms with E-state index < -0.39 is 21.0 Å². The number of likely N-dealkylation sites (tertiary alicyclic amines) is 1. The van der Waals surface area contributed by atoms with Gasteiger partial charge in [-0.15, -0.1) is 5.10 Å². The van der Waals surface area contributed by atoms with Gasteiger partial charge in [0.05, 0.1) is 35.4 Å². The summed E-state index contributed by atoms with van der Waals surface area (Å²) in [4.78, 5) is 72.1. The highest BCUT2D eigenvalue weighted by Crippen LogP contribution is 2.59. The highest BCUT2D eigenvalue weighted by atomic mass is 32.3. The highest BCUT2D eigenvalue weighted by Gasteiger charge is 2.63. The third kappa shape index (κ3) is 11.7. The van der Waals surface area contributed by atoms with Crippen LogP contribution in [0.2, 0.25) is 0 Å². The van der Waals surface area contributed by atoms with Crippen LogP contribution in [0.25, 0.3) is 22.5 Å². The first-order valence-corrected chi connectivity index (χ1v) is 29.2. The number of aryl methyl sites for hydroxylation is 1. The number of carbonyl (C=O) groups excluding carboxylic acids is 5. The van der Waals surface area contributed by atoms with Crippen LogP contribution in [0.3, 0.4) is 0 Å². The number of aromatic nitrogens is 3. The predicted molar refractivity (Wildman–Crippen MR) is 286 cm³/mol. The number of nitrogens with zero attached hydrogens (tertiary/aromatic N) is 5. The summed E-state index contributed by atoms with van der Waals surface area (Å²) in [6, 6.07) is 15.8. The number of fused-ring (bicyclic) bond motifs is 10. The van der Waals surface area contributed by atoms with Crippen molar-refractivity contribution in [3.05, 3.63) is 66.2 Å². The summed E-state index contributed by atoms with van der Waals surface area (Å²) in [7, 11) is -0.700.